The van der Waals surface area contributed by atoms with E-state index < -0.39 is 0 Å². The van der Waals surface area contributed by atoms with Crippen molar-refractivity contribution in [3.8, 4) is 5.19 Å². The summed E-state index contributed by atoms with van der Waals surface area (Å²) in [4.78, 5) is 29.5. The zero-order valence-corrected chi connectivity index (χ0v) is 13.1. The summed E-state index contributed by atoms with van der Waals surface area (Å²) in [5.41, 5.74) is 6.20. The molecule has 1 aromatic heterocycles. The fourth-order valence-electron chi connectivity index (χ4n) is 2.72. The molecule has 2 N–H and O–H groups in total. The third kappa shape index (κ3) is 2.87. The van der Waals surface area contributed by atoms with Crippen molar-refractivity contribution in [2.75, 3.05) is 13.1 Å². The maximum absolute atomic E-state index is 12.3. The third-order valence-corrected chi connectivity index (χ3v) is 4.97. The normalized spacial score (nSPS) is 21.8. The van der Waals surface area contributed by atoms with Crippen LogP contribution in [0.25, 0.3) is 10.2 Å². The molecule has 120 valence electrons. The molecule has 1 atom stereocenters. The Kier molecular flexibility index (Phi) is 3.62. The number of nitrogens with one attached hydrogen (secondary N) is 2. The molecule has 0 radical (unpaired) electrons. The number of likely N-dealkylation sites (tertiary alicyclic amines) is 1. The monoisotopic (exact) mass is 332 g/mol. The minimum atomic E-state index is -0.337. The van der Waals surface area contributed by atoms with Gasteiger partial charge in [0.15, 0.2) is 0 Å². The van der Waals surface area contributed by atoms with Crippen LogP contribution in [0.2, 0.25) is 0 Å². The van der Waals surface area contributed by atoms with Gasteiger partial charge in [0, 0.05) is 6.42 Å². The summed E-state index contributed by atoms with van der Waals surface area (Å²) < 4.78 is 6.94. The lowest BCUT2D eigenvalue weighted by Gasteiger charge is -2.40. The van der Waals surface area contributed by atoms with Crippen molar-refractivity contribution in [1.82, 2.24) is 20.7 Å². The van der Waals surface area contributed by atoms with Gasteiger partial charge in [-0.1, -0.05) is 23.5 Å². The smallest absolute Gasteiger partial charge is 0.274 e. The largest absolute Gasteiger partial charge is 0.463 e. The van der Waals surface area contributed by atoms with Crippen molar-refractivity contribution < 1.29 is 14.3 Å². The summed E-state index contributed by atoms with van der Waals surface area (Å²) in [5.74, 6) is -0.0659. The summed E-state index contributed by atoms with van der Waals surface area (Å²) in [6.07, 6.45) is 0.894. The molecule has 8 heteroatoms. The van der Waals surface area contributed by atoms with Gasteiger partial charge in [0.2, 0.25) is 11.8 Å². The molecule has 2 saturated heterocycles. The van der Waals surface area contributed by atoms with Crippen molar-refractivity contribution in [3.05, 3.63) is 24.3 Å². The lowest BCUT2D eigenvalue weighted by molar-refractivity contribution is -0.144. The number of amides is 2. The van der Waals surface area contributed by atoms with Gasteiger partial charge in [-0.2, -0.15) is 0 Å². The quantitative estimate of drug-likeness (QED) is 0.863. The van der Waals surface area contributed by atoms with Crippen LogP contribution >= 0.6 is 11.3 Å². The van der Waals surface area contributed by atoms with E-state index >= 15 is 0 Å². The molecule has 0 saturated carbocycles. The Balaban J connectivity index is 1.31. The summed E-state index contributed by atoms with van der Waals surface area (Å²) in [7, 11) is 0. The van der Waals surface area contributed by atoms with Gasteiger partial charge in [0.05, 0.1) is 23.3 Å². The molecule has 4 rings (SSSR count). The summed E-state index contributed by atoms with van der Waals surface area (Å²) in [6, 6.07) is 7.56. The van der Waals surface area contributed by atoms with Gasteiger partial charge in [0.25, 0.3) is 5.19 Å². The Bertz CT molecular complexity index is 713. The van der Waals surface area contributed by atoms with E-state index in [1.165, 1.54) is 11.3 Å². The van der Waals surface area contributed by atoms with Crippen molar-refractivity contribution in [2.24, 2.45) is 0 Å². The highest BCUT2D eigenvalue weighted by molar-refractivity contribution is 7.20. The number of ether oxygens (including phenoxy) is 1. The number of aromatic nitrogens is 1. The van der Waals surface area contributed by atoms with Crippen LogP contribution in [0.1, 0.15) is 12.8 Å². The van der Waals surface area contributed by atoms with Crippen LogP contribution in [0.3, 0.4) is 0 Å². The van der Waals surface area contributed by atoms with Crippen LogP contribution in [0, 0.1) is 0 Å². The van der Waals surface area contributed by atoms with Gasteiger partial charge in [-0.05, 0) is 18.6 Å². The summed E-state index contributed by atoms with van der Waals surface area (Å²) in [5, 5.41) is 0.645. The standard InChI is InChI=1S/C15H16N4O3S/c20-13-6-5-11(17-18-13)14(21)19-7-9(8-19)22-15-16-10-3-1-2-4-12(10)23-15/h1-4,9,11,17H,5-8H2,(H,18,20). The number of hydrogen-bond acceptors (Lipinski definition) is 6. The zero-order valence-electron chi connectivity index (χ0n) is 12.3. The van der Waals surface area contributed by atoms with Gasteiger partial charge in [0.1, 0.15) is 12.1 Å². The van der Waals surface area contributed by atoms with Crippen molar-refractivity contribution >= 4 is 33.4 Å². The Morgan fingerprint density at radius 3 is 2.91 bits per heavy atom. The molecule has 2 aliphatic rings. The highest BCUT2D eigenvalue weighted by Crippen LogP contribution is 2.29. The predicted octanol–water partition coefficient (Wildman–Crippen LogP) is 0.669. The van der Waals surface area contributed by atoms with E-state index in [4.69, 9.17) is 4.74 Å². The van der Waals surface area contributed by atoms with E-state index in [0.717, 1.165) is 10.2 Å². The number of fused-ring (bicyclic) bond motifs is 1. The van der Waals surface area contributed by atoms with Gasteiger partial charge < -0.3 is 9.64 Å². The maximum Gasteiger partial charge on any atom is 0.274 e. The number of carbonyl (C=O) groups is 2. The van der Waals surface area contributed by atoms with Gasteiger partial charge in [-0.3, -0.25) is 15.0 Å². The van der Waals surface area contributed by atoms with Gasteiger partial charge >= 0.3 is 0 Å². The van der Waals surface area contributed by atoms with E-state index in [-0.39, 0.29) is 24.0 Å². The Morgan fingerprint density at radius 1 is 1.35 bits per heavy atom. The second-order valence-electron chi connectivity index (χ2n) is 5.71. The number of para-hydroxylation sites is 1. The molecule has 7 nitrogen and oxygen atoms in total. The molecule has 1 unspecified atom stereocenters. The summed E-state index contributed by atoms with van der Waals surface area (Å²) >= 11 is 1.52. The minimum absolute atomic E-state index is 0.00847. The highest BCUT2D eigenvalue weighted by Gasteiger charge is 2.37. The molecule has 3 heterocycles. The van der Waals surface area contributed by atoms with Crippen LogP contribution in [-0.4, -0.2) is 46.9 Å². The van der Waals surface area contributed by atoms with E-state index in [2.05, 4.69) is 15.8 Å². The SMILES string of the molecule is O=C1CCC(C(=O)N2CC(Oc3nc4ccccc4s3)C2)NN1. The van der Waals surface area contributed by atoms with E-state index in [1.54, 1.807) is 4.90 Å². The average Bonchev–Trinajstić information content (AvgIpc) is 2.93. The first-order valence-electron chi connectivity index (χ1n) is 7.54. The molecule has 2 aromatic rings. The van der Waals surface area contributed by atoms with E-state index in [1.807, 2.05) is 24.3 Å². The lowest BCUT2D eigenvalue weighted by Crippen LogP contribution is -2.63. The molecule has 23 heavy (non-hydrogen) atoms. The van der Waals surface area contributed by atoms with Crippen LogP contribution in [0.15, 0.2) is 24.3 Å². The van der Waals surface area contributed by atoms with E-state index in [9.17, 15) is 9.59 Å². The Labute approximate surface area is 136 Å². The first-order chi connectivity index (χ1) is 11.2. The van der Waals surface area contributed by atoms with Crippen LogP contribution in [0.5, 0.6) is 5.19 Å². The number of hydrogen-bond donors (Lipinski definition) is 2. The molecule has 0 aliphatic carbocycles. The first-order valence-corrected chi connectivity index (χ1v) is 8.36. The van der Waals surface area contributed by atoms with Gasteiger partial charge in [-0.15, -0.1) is 0 Å². The summed E-state index contributed by atoms with van der Waals surface area (Å²) in [6.45, 7) is 1.11. The van der Waals surface area contributed by atoms with Crippen LogP contribution < -0.4 is 15.6 Å². The Hall–Kier alpha value is -2.19. The average molecular weight is 332 g/mol. The molecule has 1 aromatic carbocycles. The molecule has 0 spiro atoms. The predicted molar refractivity (Wildman–Crippen MR) is 84.9 cm³/mol. The number of nitrogens with zero attached hydrogens (tertiary/aromatic N) is 2. The van der Waals surface area contributed by atoms with Crippen LogP contribution in [-0.2, 0) is 9.59 Å². The van der Waals surface area contributed by atoms with Gasteiger partial charge in [-0.25, -0.2) is 10.4 Å². The number of carbonyl (C=O) groups excluding carboxylic acids is 2. The maximum atomic E-state index is 12.3. The number of benzene rings is 1. The minimum Gasteiger partial charge on any atom is -0.463 e. The topological polar surface area (TPSA) is 83.6 Å². The van der Waals surface area contributed by atoms with Crippen LogP contribution in [0.4, 0.5) is 0 Å². The second-order valence-corrected chi connectivity index (χ2v) is 6.71. The Morgan fingerprint density at radius 2 is 2.17 bits per heavy atom. The molecule has 2 fully saturated rings. The number of hydrazine groups is 1. The zero-order chi connectivity index (χ0) is 15.8. The fraction of sp³-hybridized carbons (Fsp3) is 0.400. The van der Waals surface area contributed by atoms with Crippen molar-refractivity contribution in [3.63, 3.8) is 0 Å². The fourth-order valence-corrected chi connectivity index (χ4v) is 3.60. The number of thiazole rings is 1. The number of rotatable bonds is 3. The third-order valence-electron chi connectivity index (χ3n) is 4.05. The molecule has 2 amide bonds. The lowest BCUT2D eigenvalue weighted by atomic mass is 10.1. The molecular formula is C15H16N4O3S. The molecule has 2 aliphatic heterocycles. The van der Waals surface area contributed by atoms with Crippen molar-refractivity contribution in [2.45, 2.75) is 25.0 Å². The second kappa shape index (κ2) is 5.78. The first kappa shape index (κ1) is 14.4. The van der Waals surface area contributed by atoms with Crippen molar-refractivity contribution in [1.29, 1.82) is 0 Å². The molecular weight excluding hydrogens is 316 g/mol. The highest BCUT2D eigenvalue weighted by atomic mass is 32.1. The van der Waals surface area contributed by atoms with E-state index in [0.29, 0.717) is 31.1 Å². The molecule has 0 bridgehead atoms.